The summed E-state index contributed by atoms with van der Waals surface area (Å²) in [4.78, 5) is 0. The monoisotopic (exact) mass is 181 g/mol. The summed E-state index contributed by atoms with van der Waals surface area (Å²) in [5.41, 5.74) is 3.28. The Morgan fingerprint density at radius 2 is 2.31 bits per heavy atom. The molecule has 3 nitrogen and oxygen atoms in total. The summed E-state index contributed by atoms with van der Waals surface area (Å²) in [5.74, 6) is 0.887. The number of ether oxygens (including phenoxy) is 1. The van der Waals surface area contributed by atoms with Gasteiger partial charge in [-0.2, -0.15) is 0 Å². The highest BCUT2D eigenvalue weighted by Gasteiger charge is 1.92. The summed E-state index contributed by atoms with van der Waals surface area (Å²) in [6.07, 6.45) is 0.796. The zero-order valence-electron chi connectivity index (χ0n) is 7.79. The molecule has 0 aliphatic carbocycles. The van der Waals surface area contributed by atoms with Crippen molar-refractivity contribution in [2.75, 3.05) is 13.2 Å². The van der Waals surface area contributed by atoms with Gasteiger partial charge in [0.15, 0.2) is 0 Å². The second-order valence-corrected chi connectivity index (χ2v) is 2.93. The predicted molar refractivity (Wildman–Crippen MR) is 51.1 cm³/mol. The number of nitrogens with one attached hydrogen (secondary N) is 1. The first-order valence-corrected chi connectivity index (χ1v) is 4.39. The Kier molecular flexibility index (Phi) is 4.29. The lowest BCUT2D eigenvalue weighted by Gasteiger charge is -2.05. The average Bonchev–Trinajstić information content (AvgIpc) is 2.13. The zero-order valence-corrected chi connectivity index (χ0v) is 7.79. The molecule has 72 valence electrons. The molecule has 0 aromatic heterocycles. The van der Waals surface area contributed by atoms with Gasteiger partial charge in [-0.05, 0) is 31.0 Å². The maximum Gasteiger partial charge on any atom is 0.119 e. The molecule has 13 heavy (non-hydrogen) atoms. The number of hydrogen-bond acceptors (Lipinski definition) is 3. The molecule has 0 heterocycles. The largest absolute Gasteiger partial charge is 0.494 e. The molecule has 0 unspecified atom stereocenters. The number of rotatable bonds is 5. The molecule has 0 amide bonds. The molecule has 2 N–H and O–H groups in total. The van der Waals surface area contributed by atoms with Crippen molar-refractivity contribution in [3.63, 3.8) is 0 Å². The van der Waals surface area contributed by atoms with Gasteiger partial charge in [0, 0.05) is 6.54 Å². The van der Waals surface area contributed by atoms with E-state index in [9.17, 15) is 0 Å². The second-order valence-electron chi connectivity index (χ2n) is 2.93. The Labute approximate surface area is 78.3 Å². The van der Waals surface area contributed by atoms with Gasteiger partial charge >= 0.3 is 0 Å². The normalized spacial score (nSPS) is 10.0. The molecule has 0 aliphatic rings. The Morgan fingerprint density at radius 3 is 3.00 bits per heavy atom. The van der Waals surface area contributed by atoms with Gasteiger partial charge in [-0.3, -0.25) is 0 Å². The minimum absolute atomic E-state index is 0.561. The highest BCUT2D eigenvalue weighted by atomic mass is 16.5. The van der Waals surface area contributed by atoms with Gasteiger partial charge in [-0.15, -0.1) is 0 Å². The van der Waals surface area contributed by atoms with Crippen LogP contribution in [-0.4, -0.2) is 18.4 Å². The maximum absolute atomic E-state index is 8.30. The number of benzene rings is 1. The summed E-state index contributed by atoms with van der Waals surface area (Å²) < 4.78 is 5.44. The smallest absolute Gasteiger partial charge is 0.119 e. The van der Waals surface area contributed by atoms with Crippen molar-refractivity contribution in [1.82, 2.24) is 5.48 Å². The lowest BCUT2D eigenvalue weighted by atomic mass is 10.2. The fourth-order valence-electron chi connectivity index (χ4n) is 1.05. The second kappa shape index (κ2) is 5.56. The van der Waals surface area contributed by atoms with Crippen LogP contribution in [0.3, 0.4) is 0 Å². The van der Waals surface area contributed by atoms with E-state index in [1.807, 2.05) is 31.2 Å². The fourth-order valence-corrected chi connectivity index (χ4v) is 1.05. The third-order valence-corrected chi connectivity index (χ3v) is 1.69. The summed E-state index contributed by atoms with van der Waals surface area (Å²) in [7, 11) is 0. The van der Waals surface area contributed by atoms with Gasteiger partial charge in [0.1, 0.15) is 5.75 Å². The number of hydrogen-bond donors (Lipinski definition) is 2. The van der Waals surface area contributed by atoms with Crippen LogP contribution < -0.4 is 10.2 Å². The molecular weight excluding hydrogens is 166 g/mol. The molecule has 3 heteroatoms. The summed E-state index contributed by atoms with van der Waals surface area (Å²) in [5, 5.41) is 8.30. The standard InChI is InChI=1S/C10H15NO2/c1-9-4-2-5-10(8-9)13-7-3-6-11-12/h2,4-5,8,11-12H,3,6-7H2,1H3. The molecular formula is C10H15NO2. The molecule has 1 rings (SSSR count). The van der Waals surface area contributed by atoms with Crippen LogP contribution >= 0.6 is 0 Å². The highest BCUT2D eigenvalue weighted by molar-refractivity contribution is 5.27. The quantitative estimate of drug-likeness (QED) is 0.537. The Balaban J connectivity index is 2.28. The van der Waals surface area contributed by atoms with E-state index in [0.717, 1.165) is 12.2 Å². The van der Waals surface area contributed by atoms with Crippen molar-refractivity contribution >= 4 is 0 Å². The third kappa shape index (κ3) is 3.92. The first-order valence-electron chi connectivity index (χ1n) is 4.39. The summed E-state index contributed by atoms with van der Waals surface area (Å²) in [6.45, 7) is 3.21. The molecule has 0 saturated carbocycles. The molecule has 0 saturated heterocycles. The zero-order chi connectivity index (χ0) is 9.52. The van der Waals surface area contributed by atoms with Crippen molar-refractivity contribution in [1.29, 1.82) is 0 Å². The maximum atomic E-state index is 8.30. The molecule has 0 fully saturated rings. The predicted octanol–water partition coefficient (Wildman–Crippen LogP) is 1.74. The van der Waals surface area contributed by atoms with Gasteiger partial charge in [-0.1, -0.05) is 12.1 Å². The Hall–Kier alpha value is -1.06. The molecule has 0 atom stereocenters. The minimum Gasteiger partial charge on any atom is -0.494 e. The summed E-state index contributed by atoms with van der Waals surface area (Å²) in [6, 6.07) is 7.92. The molecule has 0 radical (unpaired) electrons. The highest BCUT2D eigenvalue weighted by Crippen LogP contribution is 2.12. The molecule has 1 aromatic rings. The van der Waals surface area contributed by atoms with E-state index >= 15 is 0 Å². The number of hydroxylamine groups is 1. The molecule has 0 spiro atoms. The van der Waals surface area contributed by atoms with E-state index in [1.165, 1.54) is 5.56 Å². The van der Waals surface area contributed by atoms with Crippen LogP contribution in [0.5, 0.6) is 5.75 Å². The van der Waals surface area contributed by atoms with Gasteiger partial charge in [0.25, 0.3) is 0 Å². The van der Waals surface area contributed by atoms with Gasteiger partial charge in [-0.25, -0.2) is 5.48 Å². The van der Waals surface area contributed by atoms with Crippen LogP contribution in [0, 0.1) is 6.92 Å². The summed E-state index contributed by atoms with van der Waals surface area (Å²) >= 11 is 0. The molecule has 0 bridgehead atoms. The third-order valence-electron chi connectivity index (χ3n) is 1.69. The van der Waals surface area contributed by atoms with Crippen LogP contribution in [0.15, 0.2) is 24.3 Å². The van der Waals surface area contributed by atoms with Crippen LogP contribution in [0.4, 0.5) is 0 Å². The van der Waals surface area contributed by atoms with E-state index in [1.54, 1.807) is 0 Å². The van der Waals surface area contributed by atoms with Gasteiger partial charge in [0.05, 0.1) is 6.61 Å². The van der Waals surface area contributed by atoms with E-state index < -0.39 is 0 Å². The van der Waals surface area contributed by atoms with Crippen molar-refractivity contribution in [3.8, 4) is 5.75 Å². The van der Waals surface area contributed by atoms with Crippen LogP contribution in [0.25, 0.3) is 0 Å². The van der Waals surface area contributed by atoms with Crippen LogP contribution in [0.1, 0.15) is 12.0 Å². The van der Waals surface area contributed by atoms with E-state index in [-0.39, 0.29) is 0 Å². The number of aryl methyl sites for hydroxylation is 1. The van der Waals surface area contributed by atoms with Gasteiger partial charge < -0.3 is 9.94 Å². The Morgan fingerprint density at radius 1 is 1.46 bits per heavy atom. The first-order chi connectivity index (χ1) is 6.33. The van der Waals surface area contributed by atoms with E-state index in [2.05, 4.69) is 5.48 Å². The SMILES string of the molecule is Cc1cccc(OCCCNO)c1. The van der Waals surface area contributed by atoms with Crippen LogP contribution in [-0.2, 0) is 0 Å². The topological polar surface area (TPSA) is 41.5 Å². The lowest BCUT2D eigenvalue weighted by Crippen LogP contribution is -2.12. The Bertz CT molecular complexity index is 250. The molecule has 0 aliphatic heterocycles. The molecule has 1 aromatic carbocycles. The lowest BCUT2D eigenvalue weighted by molar-refractivity contribution is 0.157. The van der Waals surface area contributed by atoms with Crippen molar-refractivity contribution in [2.45, 2.75) is 13.3 Å². The average molecular weight is 181 g/mol. The van der Waals surface area contributed by atoms with E-state index in [0.29, 0.717) is 13.2 Å². The van der Waals surface area contributed by atoms with Crippen molar-refractivity contribution < 1.29 is 9.94 Å². The fraction of sp³-hybridized carbons (Fsp3) is 0.400. The van der Waals surface area contributed by atoms with Gasteiger partial charge in [0.2, 0.25) is 0 Å². The van der Waals surface area contributed by atoms with Crippen molar-refractivity contribution in [3.05, 3.63) is 29.8 Å². The minimum atomic E-state index is 0.561. The van der Waals surface area contributed by atoms with E-state index in [4.69, 9.17) is 9.94 Å². The van der Waals surface area contributed by atoms with Crippen molar-refractivity contribution in [2.24, 2.45) is 0 Å². The first kappa shape index (κ1) is 10.0. The van der Waals surface area contributed by atoms with Crippen LogP contribution in [0.2, 0.25) is 0 Å².